The smallest absolute Gasteiger partial charge is 0.251 e. The van der Waals surface area contributed by atoms with Crippen LogP contribution >= 0.6 is 24.0 Å². The van der Waals surface area contributed by atoms with Gasteiger partial charge in [-0.25, -0.2) is 0 Å². The van der Waals surface area contributed by atoms with Crippen LogP contribution in [0.3, 0.4) is 0 Å². The predicted octanol–water partition coefficient (Wildman–Crippen LogP) is 2.41. The van der Waals surface area contributed by atoms with Gasteiger partial charge in [-0.15, -0.1) is 24.0 Å². The number of nitrogens with zero attached hydrogens (tertiary/aromatic N) is 2. The molecule has 31 heavy (non-hydrogen) atoms. The van der Waals surface area contributed by atoms with Crippen molar-refractivity contribution in [1.82, 2.24) is 20.9 Å². The molecule has 3 N–H and O–H groups in total. The molecule has 3 rings (SSSR count). The third-order valence-corrected chi connectivity index (χ3v) is 6.40. The van der Waals surface area contributed by atoms with Gasteiger partial charge < -0.3 is 20.7 Å². The summed E-state index contributed by atoms with van der Waals surface area (Å²) in [6, 6.07) is 7.78. The predicted molar refractivity (Wildman–Crippen MR) is 137 cm³/mol. The number of morpholine rings is 1. The average Bonchev–Trinajstić information content (AvgIpc) is 2.82. The maximum absolute atomic E-state index is 11.8. The zero-order valence-electron chi connectivity index (χ0n) is 18.9. The van der Waals surface area contributed by atoms with E-state index in [2.05, 4.69) is 31.9 Å². The van der Waals surface area contributed by atoms with Crippen LogP contribution in [0.1, 0.15) is 48.0 Å². The minimum atomic E-state index is -0.0526. The van der Waals surface area contributed by atoms with Gasteiger partial charge in [0.25, 0.3) is 5.91 Å². The SMILES string of the molecule is CN=C(NCCc1cccc(C(=O)NC)c1)NCC1(N2CCOCC2)CCCCC1.I. The van der Waals surface area contributed by atoms with Gasteiger partial charge in [-0.1, -0.05) is 31.4 Å². The Kier molecular flexibility index (Phi) is 11.0. The maximum Gasteiger partial charge on any atom is 0.251 e. The Morgan fingerprint density at radius 2 is 1.90 bits per heavy atom. The lowest BCUT2D eigenvalue weighted by Gasteiger charge is -2.48. The van der Waals surface area contributed by atoms with Crippen LogP contribution in [0.4, 0.5) is 0 Å². The first-order valence-corrected chi connectivity index (χ1v) is 11.3. The summed E-state index contributed by atoms with van der Waals surface area (Å²) >= 11 is 0. The second-order valence-corrected chi connectivity index (χ2v) is 8.27. The van der Waals surface area contributed by atoms with Crippen LogP contribution < -0.4 is 16.0 Å². The quantitative estimate of drug-likeness (QED) is 0.280. The largest absolute Gasteiger partial charge is 0.379 e. The number of hydrogen-bond acceptors (Lipinski definition) is 4. The highest BCUT2D eigenvalue weighted by Crippen LogP contribution is 2.33. The van der Waals surface area contributed by atoms with Gasteiger partial charge in [0.1, 0.15) is 0 Å². The zero-order chi connectivity index (χ0) is 21.2. The van der Waals surface area contributed by atoms with E-state index in [9.17, 15) is 4.79 Å². The van der Waals surface area contributed by atoms with Crippen LogP contribution in [-0.4, -0.2) is 75.8 Å². The number of hydrogen-bond donors (Lipinski definition) is 3. The molecule has 0 radical (unpaired) electrons. The molecule has 0 atom stereocenters. The standard InChI is InChI=1S/C23H37N5O2.HI/c1-24-21(29)20-8-6-7-19(17-20)9-12-26-22(25-2)27-18-23(10-4-3-5-11-23)28-13-15-30-16-14-28;/h6-8,17H,3-5,9-16,18H2,1-2H3,(H,24,29)(H2,25,26,27);1H. The highest BCUT2D eigenvalue weighted by atomic mass is 127. The minimum absolute atomic E-state index is 0. The summed E-state index contributed by atoms with van der Waals surface area (Å²) in [5.74, 6) is 0.791. The fourth-order valence-corrected chi connectivity index (χ4v) is 4.66. The van der Waals surface area contributed by atoms with Crippen molar-refractivity contribution in [3.8, 4) is 0 Å². The van der Waals surface area contributed by atoms with E-state index in [0.29, 0.717) is 5.56 Å². The third-order valence-electron chi connectivity index (χ3n) is 6.40. The number of ether oxygens (including phenoxy) is 1. The lowest BCUT2D eigenvalue weighted by molar-refractivity contribution is -0.0352. The van der Waals surface area contributed by atoms with E-state index in [1.807, 2.05) is 25.2 Å². The molecule has 0 bridgehead atoms. The molecule has 1 heterocycles. The molecule has 1 aliphatic heterocycles. The molecule has 174 valence electrons. The topological polar surface area (TPSA) is 78.0 Å². The number of carbonyl (C=O) groups excluding carboxylic acids is 1. The van der Waals surface area contributed by atoms with Gasteiger partial charge in [0.15, 0.2) is 5.96 Å². The first-order chi connectivity index (χ1) is 14.7. The minimum Gasteiger partial charge on any atom is -0.379 e. The molecule has 1 aromatic rings. The number of carbonyl (C=O) groups is 1. The molecule has 1 saturated heterocycles. The number of aliphatic imine (C=N–C) groups is 1. The van der Waals surface area contributed by atoms with Crippen molar-refractivity contribution in [2.75, 3.05) is 53.5 Å². The number of halogens is 1. The Morgan fingerprint density at radius 1 is 1.16 bits per heavy atom. The molecule has 0 spiro atoms. The summed E-state index contributed by atoms with van der Waals surface area (Å²) in [5, 5.41) is 9.70. The van der Waals surface area contributed by atoms with E-state index < -0.39 is 0 Å². The Hall–Kier alpha value is -1.39. The van der Waals surface area contributed by atoms with E-state index >= 15 is 0 Å². The Bertz CT molecular complexity index is 716. The summed E-state index contributed by atoms with van der Waals surface area (Å²) in [6.45, 7) is 5.40. The van der Waals surface area contributed by atoms with Gasteiger partial charge in [0.05, 0.1) is 13.2 Å². The van der Waals surface area contributed by atoms with E-state index in [1.165, 1.54) is 32.1 Å². The summed E-state index contributed by atoms with van der Waals surface area (Å²) in [6.07, 6.45) is 7.25. The van der Waals surface area contributed by atoms with E-state index in [-0.39, 0.29) is 35.4 Å². The first kappa shape index (κ1) is 25.9. The van der Waals surface area contributed by atoms with Crippen molar-refractivity contribution in [1.29, 1.82) is 0 Å². The van der Waals surface area contributed by atoms with Gasteiger partial charge >= 0.3 is 0 Å². The number of amides is 1. The van der Waals surface area contributed by atoms with Crippen molar-refractivity contribution in [3.63, 3.8) is 0 Å². The second kappa shape index (κ2) is 13.2. The Morgan fingerprint density at radius 3 is 2.58 bits per heavy atom. The van der Waals surface area contributed by atoms with E-state index in [4.69, 9.17) is 4.74 Å². The lowest BCUT2D eigenvalue weighted by Crippen LogP contribution is -2.60. The van der Waals surface area contributed by atoms with Crippen molar-refractivity contribution >= 4 is 35.8 Å². The fourth-order valence-electron chi connectivity index (χ4n) is 4.66. The second-order valence-electron chi connectivity index (χ2n) is 8.27. The van der Waals surface area contributed by atoms with Crippen molar-refractivity contribution in [2.24, 2.45) is 4.99 Å². The van der Waals surface area contributed by atoms with Crippen LogP contribution in [0.15, 0.2) is 29.3 Å². The maximum atomic E-state index is 11.8. The van der Waals surface area contributed by atoms with E-state index in [0.717, 1.165) is 57.3 Å². The molecule has 1 amide bonds. The van der Waals surface area contributed by atoms with Crippen LogP contribution in [0.5, 0.6) is 0 Å². The summed E-state index contributed by atoms with van der Waals surface area (Å²) in [7, 11) is 3.48. The highest BCUT2D eigenvalue weighted by Gasteiger charge is 2.38. The average molecular weight is 543 g/mol. The zero-order valence-corrected chi connectivity index (χ0v) is 21.2. The van der Waals surface area contributed by atoms with Crippen molar-refractivity contribution in [2.45, 2.75) is 44.1 Å². The molecule has 7 nitrogen and oxygen atoms in total. The number of benzene rings is 1. The van der Waals surface area contributed by atoms with Crippen LogP contribution in [-0.2, 0) is 11.2 Å². The van der Waals surface area contributed by atoms with E-state index in [1.54, 1.807) is 7.05 Å². The molecule has 8 heteroatoms. The number of guanidine groups is 1. The van der Waals surface area contributed by atoms with Crippen LogP contribution in [0.2, 0.25) is 0 Å². The molecular weight excluding hydrogens is 505 g/mol. The first-order valence-electron chi connectivity index (χ1n) is 11.3. The van der Waals surface area contributed by atoms with Gasteiger partial charge in [-0.05, 0) is 37.0 Å². The van der Waals surface area contributed by atoms with Gasteiger partial charge in [0, 0.05) is 51.4 Å². The summed E-state index contributed by atoms with van der Waals surface area (Å²) < 4.78 is 5.58. The monoisotopic (exact) mass is 543 g/mol. The van der Waals surface area contributed by atoms with Crippen LogP contribution in [0.25, 0.3) is 0 Å². The highest BCUT2D eigenvalue weighted by molar-refractivity contribution is 14.0. The summed E-state index contributed by atoms with van der Waals surface area (Å²) in [4.78, 5) is 18.9. The number of rotatable bonds is 7. The van der Waals surface area contributed by atoms with Crippen molar-refractivity contribution in [3.05, 3.63) is 35.4 Å². The molecule has 2 aliphatic rings. The summed E-state index contributed by atoms with van der Waals surface area (Å²) in [5.41, 5.74) is 2.04. The lowest BCUT2D eigenvalue weighted by atomic mass is 9.80. The molecule has 1 aliphatic carbocycles. The molecule has 0 unspecified atom stereocenters. The van der Waals surface area contributed by atoms with Gasteiger partial charge in [-0.2, -0.15) is 0 Å². The normalized spacial score (nSPS) is 19.2. The van der Waals surface area contributed by atoms with Crippen LogP contribution in [0, 0.1) is 0 Å². The van der Waals surface area contributed by atoms with Gasteiger partial charge in [-0.3, -0.25) is 14.7 Å². The molecule has 1 aromatic carbocycles. The number of nitrogens with one attached hydrogen (secondary N) is 3. The van der Waals surface area contributed by atoms with Gasteiger partial charge in [0.2, 0.25) is 0 Å². The van der Waals surface area contributed by atoms with Crippen molar-refractivity contribution < 1.29 is 9.53 Å². The third kappa shape index (κ3) is 7.32. The Labute approximate surface area is 203 Å². The Balaban J connectivity index is 0.00000341. The molecule has 2 fully saturated rings. The fraction of sp³-hybridized carbons (Fsp3) is 0.652. The molecule has 0 aromatic heterocycles. The molecule has 1 saturated carbocycles. The molecular formula is C23H38IN5O2.